The molecule has 0 saturated carbocycles. The largest absolute Gasteiger partial charge is 0.475 e. The summed E-state index contributed by atoms with van der Waals surface area (Å²) in [6.45, 7) is 8.23. The third-order valence-corrected chi connectivity index (χ3v) is 5.01. The van der Waals surface area contributed by atoms with Crippen LogP contribution in [0.1, 0.15) is 52.8 Å². The van der Waals surface area contributed by atoms with E-state index >= 15 is 0 Å². The van der Waals surface area contributed by atoms with E-state index in [9.17, 15) is 9.59 Å². The van der Waals surface area contributed by atoms with Gasteiger partial charge in [-0.1, -0.05) is 32.9 Å². The van der Waals surface area contributed by atoms with E-state index in [0.29, 0.717) is 17.0 Å². The Balaban J connectivity index is 1.65. The monoisotopic (exact) mass is 436 g/mol. The van der Waals surface area contributed by atoms with Gasteiger partial charge in [-0.3, -0.25) is 10.1 Å². The van der Waals surface area contributed by atoms with Crippen molar-refractivity contribution < 1.29 is 19.1 Å². The molecule has 0 aliphatic heterocycles. The quantitative estimate of drug-likeness (QED) is 0.476. The number of carbonyl (C=O) groups excluding carboxylic acids is 1. The molecule has 0 aliphatic carbocycles. The van der Waals surface area contributed by atoms with Crippen LogP contribution in [-0.4, -0.2) is 22.1 Å². The van der Waals surface area contributed by atoms with E-state index in [4.69, 9.17) is 21.7 Å². The molecule has 0 aliphatic rings. The van der Waals surface area contributed by atoms with Crippen molar-refractivity contribution in [1.29, 1.82) is 0 Å². The van der Waals surface area contributed by atoms with Gasteiger partial charge >= 0.3 is 5.97 Å². The Bertz CT molecular complexity index is 1140. The molecule has 7 heteroatoms. The third kappa shape index (κ3) is 5.38. The predicted molar refractivity (Wildman–Crippen MR) is 125 cm³/mol. The van der Waals surface area contributed by atoms with Crippen LogP contribution >= 0.6 is 12.2 Å². The summed E-state index contributed by atoms with van der Waals surface area (Å²) in [7, 11) is 0. The molecule has 1 aromatic heterocycles. The van der Waals surface area contributed by atoms with Gasteiger partial charge in [0.1, 0.15) is 5.76 Å². The fourth-order valence-electron chi connectivity index (χ4n) is 3.07. The zero-order valence-corrected chi connectivity index (χ0v) is 18.6. The van der Waals surface area contributed by atoms with Gasteiger partial charge in [0.05, 0.1) is 0 Å². The van der Waals surface area contributed by atoms with Crippen LogP contribution < -0.4 is 10.6 Å². The molecule has 2 aromatic carbocycles. The minimum atomic E-state index is -1.11. The van der Waals surface area contributed by atoms with E-state index in [-0.39, 0.29) is 22.2 Å². The first-order valence-electron chi connectivity index (χ1n) is 9.71. The lowest BCUT2D eigenvalue weighted by Crippen LogP contribution is -2.34. The van der Waals surface area contributed by atoms with Crippen molar-refractivity contribution in [2.24, 2.45) is 0 Å². The summed E-state index contributed by atoms with van der Waals surface area (Å²) in [4.78, 5) is 23.5. The Morgan fingerprint density at radius 3 is 2.23 bits per heavy atom. The number of anilines is 1. The van der Waals surface area contributed by atoms with E-state index in [2.05, 4.69) is 31.4 Å². The molecular weight excluding hydrogens is 412 g/mol. The first kappa shape index (κ1) is 22.2. The highest BCUT2D eigenvalue weighted by molar-refractivity contribution is 7.80. The summed E-state index contributed by atoms with van der Waals surface area (Å²) >= 11 is 5.27. The number of aromatic carboxylic acids is 1. The molecule has 0 saturated heterocycles. The highest BCUT2D eigenvalue weighted by Crippen LogP contribution is 2.28. The van der Waals surface area contributed by atoms with Crippen molar-refractivity contribution in [1.82, 2.24) is 5.32 Å². The second-order valence-corrected chi connectivity index (χ2v) is 8.64. The summed E-state index contributed by atoms with van der Waals surface area (Å²) in [6.07, 6.45) is 0. The van der Waals surface area contributed by atoms with Crippen molar-refractivity contribution in [2.75, 3.05) is 5.32 Å². The van der Waals surface area contributed by atoms with E-state index < -0.39 is 5.97 Å². The second-order valence-electron chi connectivity index (χ2n) is 8.23. The number of amides is 1. The third-order valence-electron chi connectivity index (χ3n) is 4.81. The molecule has 0 bridgehead atoms. The highest BCUT2D eigenvalue weighted by Gasteiger charge is 2.15. The van der Waals surface area contributed by atoms with Gasteiger partial charge in [-0.05, 0) is 78.1 Å². The maximum absolute atomic E-state index is 12.5. The topological polar surface area (TPSA) is 91.6 Å². The number of aryl methyl sites for hydroxylation is 1. The van der Waals surface area contributed by atoms with Crippen LogP contribution in [0.3, 0.4) is 0 Å². The summed E-state index contributed by atoms with van der Waals surface area (Å²) < 4.78 is 5.36. The molecule has 31 heavy (non-hydrogen) atoms. The van der Waals surface area contributed by atoms with Gasteiger partial charge in [-0.25, -0.2) is 4.79 Å². The zero-order valence-electron chi connectivity index (χ0n) is 17.8. The number of carboxylic acid groups (broad SMARTS) is 1. The van der Waals surface area contributed by atoms with E-state index in [1.54, 1.807) is 30.3 Å². The number of benzene rings is 2. The Morgan fingerprint density at radius 2 is 1.68 bits per heavy atom. The molecule has 0 fully saturated rings. The van der Waals surface area contributed by atoms with Crippen LogP contribution in [0.2, 0.25) is 0 Å². The average Bonchev–Trinajstić information content (AvgIpc) is 3.17. The average molecular weight is 437 g/mol. The van der Waals surface area contributed by atoms with Crippen molar-refractivity contribution in [3.8, 4) is 11.3 Å². The minimum Gasteiger partial charge on any atom is -0.475 e. The lowest BCUT2D eigenvalue weighted by atomic mass is 9.87. The Hall–Kier alpha value is -3.45. The van der Waals surface area contributed by atoms with Gasteiger partial charge in [0.15, 0.2) is 5.11 Å². The van der Waals surface area contributed by atoms with Gasteiger partial charge in [-0.15, -0.1) is 0 Å². The summed E-state index contributed by atoms with van der Waals surface area (Å²) in [5.41, 5.74) is 4.01. The van der Waals surface area contributed by atoms with E-state index in [0.717, 1.165) is 16.7 Å². The standard InChI is InChI=1S/C24H24N2O4S/c1-14-13-17(9-10-18(14)19-11-12-20(30-19)22(28)29)25-23(31)26-21(27)15-5-7-16(8-6-15)24(2,3)4/h5-13H,1-4H3,(H,28,29)(H2,25,26,27,31). The molecular formula is C24H24N2O4S. The first-order valence-corrected chi connectivity index (χ1v) is 10.1. The van der Waals surface area contributed by atoms with Crippen molar-refractivity contribution in [2.45, 2.75) is 33.1 Å². The number of nitrogens with one attached hydrogen (secondary N) is 2. The van der Waals surface area contributed by atoms with E-state index in [1.165, 1.54) is 6.07 Å². The number of rotatable bonds is 4. The Morgan fingerprint density at radius 1 is 1.00 bits per heavy atom. The number of carboxylic acids is 1. The number of carbonyl (C=O) groups is 2. The molecule has 160 valence electrons. The fourth-order valence-corrected chi connectivity index (χ4v) is 3.29. The Labute approximate surface area is 186 Å². The van der Waals surface area contributed by atoms with Crippen molar-refractivity contribution in [3.63, 3.8) is 0 Å². The van der Waals surface area contributed by atoms with Crippen molar-refractivity contribution in [3.05, 3.63) is 77.0 Å². The maximum Gasteiger partial charge on any atom is 0.371 e. The van der Waals surface area contributed by atoms with E-state index in [1.807, 2.05) is 25.1 Å². The van der Waals surface area contributed by atoms with Crippen molar-refractivity contribution >= 4 is 34.9 Å². The molecule has 3 aromatic rings. The maximum atomic E-state index is 12.5. The van der Waals surface area contributed by atoms with Gasteiger partial charge in [-0.2, -0.15) is 0 Å². The smallest absolute Gasteiger partial charge is 0.371 e. The normalized spacial score (nSPS) is 11.1. The van der Waals surface area contributed by atoms with Crippen LogP contribution in [0, 0.1) is 6.92 Å². The molecule has 6 nitrogen and oxygen atoms in total. The summed E-state index contributed by atoms with van der Waals surface area (Å²) in [5, 5.41) is 14.9. The van der Waals surface area contributed by atoms with Crippen LogP contribution in [0.25, 0.3) is 11.3 Å². The van der Waals surface area contributed by atoms with Crippen LogP contribution in [0.5, 0.6) is 0 Å². The van der Waals surface area contributed by atoms with Gasteiger partial charge < -0.3 is 14.8 Å². The van der Waals surface area contributed by atoms with Gasteiger partial charge in [0, 0.05) is 16.8 Å². The van der Waals surface area contributed by atoms with Crippen LogP contribution in [0.15, 0.2) is 59.0 Å². The molecule has 1 heterocycles. The lowest BCUT2D eigenvalue weighted by molar-refractivity contribution is 0.0663. The molecule has 0 unspecified atom stereocenters. The summed E-state index contributed by atoms with van der Waals surface area (Å²) in [5.74, 6) is -1.05. The van der Waals surface area contributed by atoms with Crippen LogP contribution in [0.4, 0.5) is 5.69 Å². The second kappa shape index (κ2) is 8.73. The van der Waals surface area contributed by atoms with Crippen LogP contribution in [-0.2, 0) is 5.41 Å². The molecule has 0 radical (unpaired) electrons. The zero-order chi connectivity index (χ0) is 22.8. The fraction of sp³-hybridized carbons (Fsp3) is 0.208. The number of furan rings is 1. The summed E-state index contributed by atoms with van der Waals surface area (Å²) in [6, 6.07) is 15.9. The van der Waals surface area contributed by atoms with Gasteiger partial charge in [0.2, 0.25) is 5.76 Å². The molecule has 3 rings (SSSR count). The Kier molecular flexibility index (Phi) is 6.27. The minimum absolute atomic E-state index is 0.0146. The number of thiocarbonyl (C=S) groups is 1. The molecule has 3 N–H and O–H groups in total. The highest BCUT2D eigenvalue weighted by atomic mass is 32.1. The molecule has 0 spiro atoms. The number of hydrogen-bond donors (Lipinski definition) is 3. The van der Waals surface area contributed by atoms with Gasteiger partial charge in [0.25, 0.3) is 5.91 Å². The predicted octanol–water partition coefficient (Wildman–Crippen LogP) is 5.38. The molecule has 1 amide bonds. The first-order chi connectivity index (χ1) is 14.5. The SMILES string of the molecule is Cc1cc(NC(=S)NC(=O)c2ccc(C(C)(C)C)cc2)ccc1-c1ccc(C(=O)O)o1. The number of hydrogen-bond acceptors (Lipinski definition) is 4. The lowest BCUT2D eigenvalue weighted by Gasteiger charge is -2.19. The molecule has 0 atom stereocenters.